The number of benzene rings is 2. The molecular weight excluding hydrogens is 396 g/mol. The lowest BCUT2D eigenvalue weighted by atomic mass is 10.1. The number of carbonyl (C=O) groups is 2. The van der Waals surface area contributed by atoms with Gasteiger partial charge in [-0.15, -0.1) is 11.3 Å². The lowest BCUT2D eigenvalue weighted by Crippen LogP contribution is -2.32. The number of nitrogens with zero attached hydrogens (tertiary/aromatic N) is 1. The number of likely N-dealkylation sites (tertiary alicyclic amines) is 1. The summed E-state index contributed by atoms with van der Waals surface area (Å²) in [5, 5.41) is 4.96. The van der Waals surface area contributed by atoms with Crippen LogP contribution < -0.4 is 10.1 Å². The summed E-state index contributed by atoms with van der Waals surface area (Å²) < 4.78 is 5.77. The van der Waals surface area contributed by atoms with E-state index in [1.165, 1.54) is 4.88 Å². The third kappa shape index (κ3) is 3.59. The summed E-state index contributed by atoms with van der Waals surface area (Å²) in [6.45, 7) is 0.756. The minimum Gasteiger partial charge on any atom is -0.480 e. The van der Waals surface area contributed by atoms with E-state index in [-0.39, 0.29) is 17.9 Å². The van der Waals surface area contributed by atoms with Gasteiger partial charge in [0.25, 0.3) is 11.8 Å². The molecule has 1 N–H and O–H groups in total. The molecule has 2 amide bonds. The van der Waals surface area contributed by atoms with Crippen LogP contribution in [0.3, 0.4) is 0 Å². The van der Waals surface area contributed by atoms with Crippen LogP contribution in [-0.2, 0) is 11.2 Å². The number of amides is 2. The van der Waals surface area contributed by atoms with Crippen molar-refractivity contribution in [2.45, 2.75) is 31.4 Å². The number of hydrogen-bond donors (Lipinski definition) is 1. The van der Waals surface area contributed by atoms with E-state index < -0.39 is 6.10 Å². The van der Waals surface area contributed by atoms with Crippen molar-refractivity contribution in [2.24, 2.45) is 0 Å². The van der Waals surface area contributed by atoms with Gasteiger partial charge < -0.3 is 15.0 Å². The fourth-order valence-electron chi connectivity index (χ4n) is 4.23. The van der Waals surface area contributed by atoms with Crippen LogP contribution in [0, 0.1) is 0 Å². The SMILES string of the molecule is O=C(Nc1cccc(C(=O)N2CCCC2c2cccs2)c1)C1Cc2ccccc2O1. The number of fused-ring (bicyclic) bond motifs is 1. The first-order chi connectivity index (χ1) is 14.7. The molecule has 2 aliphatic heterocycles. The standard InChI is InChI=1S/C24H22N2O3S/c27-23(21-15-16-6-1-2-10-20(16)29-21)25-18-8-3-7-17(14-18)24(28)26-12-4-9-19(26)22-11-5-13-30-22/h1-3,5-8,10-11,13-14,19,21H,4,9,12,15H2,(H,25,27). The summed E-state index contributed by atoms with van der Waals surface area (Å²) >= 11 is 1.69. The van der Waals surface area contributed by atoms with Crippen LogP contribution in [0.4, 0.5) is 5.69 Å². The Hall–Kier alpha value is -3.12. The molecule has 3 aromatic rings. The Balaban J connectivity index is 1.29. The lowest BCUT2D eigenvalue weighted by molar-refractivity contribution is -0.122. The van der Waals surface area contributed by atoms with Crippen LogP contribution in [0.1, 0.15) is 39.7 Å². The van der Waals surface area contributed by atoms with Gasteiger partial charge in [0.1, 0.15) is 5.75 Å². The topological polar surface area (TPSA) is 58.6 Å². The van der Waals surface area contributed by atoms with Crippen LogP contribution in [0.15, 0.2) is 66.0 Å². The number of anilines is 1. The van der Waals surface area contributed by atoms with Crippen molar-refractivity contribution in [1.29, 1.82) is 0 Å². The number of thiophene rings is 1. The predicted molar refractivity (Wildman–Crippen MR) is 117 cm³/mol. The molecular formula is C24H22N2O3S. The quantitative estimate of drug-likeness (QED) is 0.670. The molecule has 1 aromatic heterocycles. The predicted octanol–water partition coefficient (Wildman–Crippen LogP) is 4.67. The Bertz CT molecular complexity index is 1050. The normalized spacial score (nSPS) is 19.9. The highest BCUT2D eigenvalue weighted by molar-refractivity contribution is 7.10. The van der Waals surface area contributed by atoms with Crippen molar-refractivity contribution >= 4 is 28.8 Å². The van der Waals surface area contributed by atoms with E-state index in [0.717, 1.165) is 30.7 Å². The highest BCUT2D eigenvalue weighted by atomic mass is 32.1. The molecule has 2 aromatic carbocycles. The Kier molecular flexibility index (Phi) is 5.01. The maximum atomic E-state index is 13.2. The van der Waals surface area contributed by atoms with Crippen molar-refractivity contribution in [1.82, 2.24) is 4.90 Å². The first-order valence-electron chi connectivity index (χ1n) is 10.2. The van der Waals surface area contributed by atoms with Crippen LogP contribution in [0.25, 0.3) is 0 Å². The average molecular weight is 419 g/mol. The van der Waals surface area contributed by atoms with Crippen molar-refractivity contribution in [3.05, 3.63) is 82.0 Å². The highest BCUT2D eigenvalue weighted by Crippen LogP contribution is 2.35. The second-order valence-electron chi connectivity index (χ2n) is 7.66. The molecule has 5 nitrogen and oxygen atoms in total. The van der Waals surface area contributed by atoms with Crippen molar-refractivity contribution in [3.8, 4) is 5.75 Å². The first kappa shape index (κ1) is 18.9. The maximum Gasteiger partial charge on any atom is 0.265 e. The zero-order valence-electron chi connectivity index (χ0n) is 16.4. The molecule has 0 radical (unpaired) electrons. The van der Waals surface area contributed by atoms with Gasteiger partial charge in [-0.2, -0.15) is 0 Å². The summed E-state index contributed by atoms with van der Waals surface area (Å²) in [6.07, 6.45) is 1.99. The Morgan fingerprint density at radius 3 is 2.80 bits per heavy atom. The molecule has 2 atom stereocenters. The third-order valence-electron chi connectivity index (χ3n) is 5.70. The van der Waals surface area contributed by atoms with E-state index in [1.54, 1.807) is 23.5 Å². The molecule has 1 saturated heterocycles. The first-order valence-corrected chi connectivity index (χ1v) is 11.1. The lowest BCUT2D eigenvalue weighted by Gasteiger charge is -2.24. The van der Waals surface area contributed by atoms with Crippen LogP contribution >= 0.6 is 11.3 Å². The van der Waals surface area contributed by atoms with Gasteiger partial charge in [-0.05, 0) is 54.1 Å². The van der Waals surface area contributed by atoms with Crippen LogP contribution in [-0.4, -0.2) is 29.4 Å². The molecule has 30 heavy (non-hydrogen) atoms. The number of para-hydroxylation sites is 1. The van der Waals surface area contributed by atoms with Gasteiger partial charge >= 0.3 is 0 Å². The van der Waals surface area contributed by atoms with Gasteiger partial charge in [-0.1, -0.05) is 30.3 Å². The van der Waals surface area contributed by atoms with Gasteiger partial charge in [0.05, 0.1) is 6.04 Å². The summed E-state index contributed by atoms with van der Waals surface area (Å²) in [6, 6.07) is 19.1. The molecule has 3 heterocycles. The van der Waals surface area contributed by atoms with E-state index in [2.05, 4.69) is 16.8 Å². The van der Waals surface area contributed by atoms with Crippen molar-refractivity contribution in [3.63, 3.8) is 0 Å². The number of rotatable bonds is 4. The average Bonchev–Trinajstić information content (AvgIpc) is 3.53. The number of carbonyl (C=O) groups excluding carboxylic acids is 2. The fourth-order valence-corrected chi connectivity index (χ4v) is 5.11. The number of nitrogens with one attached hydrogen (secondary N) is 1. The molecule has 0 spiro atoms. The Morgan fingerprint density at radius 2 is 1.97 bits per heavy atom. The van der Waals surface area contributed by atoms with Gasteiger partial charge in [-0.25, -0.2) is 0 Å². The monoisotopic (exact) mass is 418 g/mol. The number of hydrogen-bond acceptors (Lipinski definition) is 4. The van der Waals surface area contributed by atoms with E-state index in [4.69, 9.17) is 4.74 Å². The van der Waals surface area contributed by atoms with Gasteiger partial charge in [0.15, 0.2) is 6.10 Å². The maximum absolute atomic E-state index is 13.2. The summed E-state index contributed by atoms with van der Waals surface area (Å²) in [5.41, 5.74) is 2.24. The van der Waals surface area contributed by atoms with Crippen molar-refractivity contribution < 1.29 is 14.3 Å². The van der Waals surface area contributed by atoms with E-state index in [1.807, 2.05) is 47.4 Å². The van der Waals surface area contributed by atoms with Gasteiger partial charge in [-0.3, -0.25) is 9.59 Å². The minimum absolute atomic E-state index is 0.00604. The fraction of sp³-hybridized carbons (Fsp3) is 0.250. The van der Waals surface area contributed by atoms with E-state index in [0.29, 0.717) is 17.7 Å². The minimum atomic E-state index is -0.552. The largest absolute Gasteiger partial charge is 0.480 e. The Labute approximate surface area is 179 Å². The summed E-state index contributed by atoms with van der Waals surface area (Å²) in [4.78, 5) is 29.1. The summed E-state index contributed by atoms with van der Waals surface area (Å²) in [7, 11) is 0. The summed E-state index contributed by atoms with van der Waals surface area (Å²) in [5.74, 6) is 0.565. The van der Waals surface area contributed by atoms with Crippen LogP contribution in [0.2, 0.25) is 0 Å². The highest BCUT2D eigenvalue weighted by Gasteiger charge is 2.32. The molecule has 2 unspecified atom stereocenters. The third-order valence-corrected chi connectivity index (χ3v) is 6.68. The Morgan fingerprint density at radius 1 is 1.07 bits per heavy atom. The molecule has 2 aliphatic rings. The molecule has 5 rings (SSSR count). The van der Waals surface area contributed by atoms with Gasteiger partial charge in [0.2, 0.25) is 0 Å². The zero-order valence-corrected chi connectivity index (χ0v) is 17.2. The second-order valence-corrected chi connectivity index (χ2v) is 8.64. The molecule has 0 bridgehead atoms. The van der Waals surface area contributed by atoms with Crippen LogP contribution in [0.5, 0.6) is 5.75 Å². The molecule has 6 heteroatoms. The molecule has 0 saturated carbocycles. The molecule has 0 aliphatic carbocycles. The molecule has 152 valence electrons. The van der Waals surface area contributed by atoms with Gasteiger partial charge in [0, 0.05) is 29.1 Å². The van der Waals surface area contributed by atoms with E-state index >= 15 is 0 Å². The smallest absolute Gasteiger partial charge is 0.265 e. The van der Waals surface area contributed by atoms with E-state index in [9.17, 15) is 9.59 Å². The number of ether oxygens (including phenoxy) is 1. The second kappa shape index (κ2) is 7.95. The van der Waals surface area contributed by atoms with Crippen molar-refractivity contribution in [2.75, 3.05) is 11.9 Å². The molecule has 1 fully saturated rings. The zero-order chi connectivity index (χ0) is 20.5.